The first-order chi connectivity index (χ1) is 15.4. The molecule has 0 unspecified atom stereocenters. The molecule has 8 heteroatoms. The molecular formula is C24H16Cl2FNO3S. The highest BCUT2D eigenvalue weighted by atomic mass is 35.5. The zero-order chi connectivity index (χ0) is 22.7. The molecular weight excluding hydrogens is 472 g/mol. The van der Waals surface area contributed by atoms with E-state index in [1.807, 2.05) is 18.2 Å². The van der Waals surface area contributed by atoms with Gasteiger partial charge in [-0.05, 0) is 47.7 Å². The number of halogens is 3. The van der Waals surface area contributed by atoms with Crippen LogP contribution in [-0.4, -0.2) is 16.0 Å². The van der Waals surface area contributed by atoms with Crippen molar-refractivity contribution >= 4 is 52.2 Å². The highest BCUT2D eigenvalue weighted by Gasteiger charge is 2.35. The molecule has 2 amide bonds. The molecule has 0 spiro atoms. The van der Waals surface area contributed by atoms with Crippen LogP contribution in [0.25, 0.3) is 6.08 Å². The Hall–Kier alpha value is -2.80. The number of nitrogens with zero attached hydrogens (tertiary/aromatic N) is 1. The van der Waals surface area contributed by atoms with Crippen LogP contribution in [-0.2, 0) is 17.9 Å². The van der Waals surface area contributed by atoms with E-state index in [4.69, 9.17) is 27.9 Å². The van der Waals surface area contributed by atoms with Crippen LogP contribution >= 0.6 is 35.0 Å². The molecule has 0 radical (unpaired) electrons. The summed E-state index contributed by atoms with van der Waals surface area (Å²) < 4.78 is 19.7. The predicted molar refractivity (Wildman–Crippen MR) is 125 cm³/mol. The van der Waals surface area contributed by atoms with E-state index in [9.17, 15) is 14.0 Å². The number of imide groups is 1. The average molecular weight is 488 g/mol. The number of benzene rings is 3. The molecule has 1 fully saturated rings. The van der Waals surface area contributed by atoms with Crippen molar-refractivity contribution in [3.05, 3.63) is 104 Å². The summed E-state index contributed by atoms with van der Waals surface area (Å²) in [6.45, 7) is 0.137. The number of thioether (sulfide) groups is 1. The number of carbonyl (C=O) groups is 2. The quantitative estimate of drug-likeness (QED) is 0.353. The molecule has 0 atom stereocenters. The predicted octanol–water partition coefficient (Wildman–Crippen LogP) is 6.95. The minimum absolute atomic E-state index is 0.121. The van der Waals surface area contributed by atoms with Crippen LogP contribution in [0.15, 0.2) is 71.6 Å². The van der Waals surface area contributed by atoms with Gasteiger partial charge in [-0.15, -0.1) is 0 Å². The molecule has 0 aliphatic carbocycles. The fraction of sp³-hybridized carbons (Fsp3) is 0.0833. The molecule has 1 aliphatic heterocycles. The zero-order valence-electron chi connectivity index (χ0n) is 16.6. The maximum Gasteiger partial charge on any atom is 0.293 e. The Morgan fingerprint density at radius 1 is 0.938 bits per heavy atom. The number of amides is 2. The smallest absolute Gasteiger partial charge is 0.293 e. The third-order valence-electron chi connectivity index (χ3n) is 4.75. The van der Waals surface area contributed by atoms with Gasteiger partial charge in [-0.25, -0.2) is 4.39 Å². The van der Waals surface area contributed by atoms with E-state index in [-0.39, 0.29) is 23.6 Å². The molecule has 4 nitrogen and oxygen atoms in total. The molecule has 0 bridgehead atoms. The molecule has 32 heavy (non-hydrogen) atoms. The normalized spacial score (nSPS) is 15.0. The lowest BCUT2D eigenvalue weighted by Crippen LogP contribution is -2.27. The number of carbonyl (C=O) groups excluding carboxylic acids is 2. The maximum absolute atomic E-state index is 13.9. The molecule has 3 aromatic rings. The van der Waals surface area contributed by atoms with Gasteiger partial charge in [-0.1, -0.05) is 65.7 Å². The highest BCUT2D eigenvalue weighted by Crippen LogP contribution is 2.35. The Morgan fingerprint density at radius 2 is 1.66 bits per heavy atom. The summed E-state index contributed by atoms with van der Waals surface area (Å²) in [5.74, 6) is -0.468. The first-order valence-corrected chi connectivity index (χ1v) is 11.1. The Kier molecular flexibility index (Phi) is 6.84. The third-order valence-corrected chi connectivity index (χ3v) is 6.33. The molecule has 0 aromatic heterocycles. The van der Waals surface area contributed by atoms with Crippen LogP contribution in [0.1, 0.15) is 16.7 Å². The SMILES string of the molecule is O=C1S/C(=C\c2ccc(OCc3ccccc3Cl)c(Cl)c2)C(=O)N1Cc1ccccc1F. The van der Waals surface area contributed by atoms with Crippen molar-refractivity contribution in [3.8, 4) is 5.75 Å². The van der Waals surface area contributed by atoms with E-state index in [1.165, 1.54) is 6.07 Å². The summed E-state index contributed by atoms with van der Waals surface area (Å²) in [5, 5.41) is 0.512. The van der Waals surface area contributed by atoms with E-state index >= 15 is 0 Å². The van der Waals surface area contributed by atoms with Gasteiger partial charge in [0.1, 0.15) is 18.2 Å². The highest BCUT2D eigenvalue weighted by molar-refractivity contribution is 8.18. The van der Waals surface area contributed by atoms with Crippen molar-refractivity contribution in [1.29, 1.82) is 0 Å². The van der Waals surface area contributed by atoms with Crippen molar-refractivity contribution in [2.75, 3.05) is 0 Å². The Morgan fingerprint density at radius 3 is 2.38 bits per heavy atom. The van der Waals surface area contributed by atoms with Crippen LogP contribution in [0.5, 0.6) is 5.75 Å². The zero-order valence-corrected chi connectivity index (χ0v) is 18.9. The molecule has 4 rings (SSSR count). The van der Waals surface area contributed by atoms with Crippen LogP contribution in [0.3, 0.4) is 0 Å². The Labute approximate surface area is 198 Å². The van der Waals surface area contributed by atoms with Gasteiger partial charge in [0.05, 0.1) is 16.5 Å². The van der Waals surface area contributed by atoms with Crippen LogP contribution in [0, 0.1) is 5.82 Å². The van der Waals surface area contributed by atoms with Crippen molar-refractivity contribution < 1.29 is 18.7 Å². The van der Waals surface area contributed by atoms with Gasteiger partial charge < -0.3 is 4.74 Å². The van der Waals surface area contributed by atoms with Crippen LogP contribution < -0.4 is 4.74 Å². The molecule has 0 N–H and O–H groups in total. The minimum atomic E-state index is -0.474. The van der Waals surface area contributed by atoms with Gasteiger partial charge in [-0.3, -0.25) is 14.5 Å². The van der Waals surface area contributed by atoms with E-state index in [0.29, 0.717) is 21.4 Å². The Bertz CT molecular complexity index is 1230. The summed E-state index contributed by atoms with van der Waals surface area (Å²) in [7, 11) is 0. The summed E-state index contributed by atoms with van der Waals surface area (Å²) >= 11 is 13.3. The van der Waals surface area contributed by atoms with Gasteiger partial charge in [0, 0.05) is 16.1 Å². The largest absolute Gasteiger partial charge is 0.487 e. The maximum atomic E-state index is 13.9. The molecule has 0 saturated carbocycles. The number of hydrogen-bond acceptors (Lipinski definition) is 4. The second-order valence-corrected chi connectivity index (χ2v) is 8.74. The van der Waals surface area contributed by atoms with Crippen LogP contribution in [0.2, 0.25) is 10.0 Å². The van der Waals surface area contributed by atoms with E-state index in [0.717, 1.165) is 22.2 Å². The molecule has 3 aromatic carbocycles. The lowest BCUT2D eigenvalue weighted by molar-refractivity contribution is -0.123. The van der Waals surface area contributed by atoms with Gasteiger partial charge in [0.2, 0.25) is 0 Å². The summed E-state index contributed by atoms with van der Waals surface area (Å²) in [4.78, 5) is 26.3. The summed E-state index contributed by atoms with van der Waals surface area (Å²) in [5.41, 5.74) is 1.74. The Balaban J connectivity index is 1.47. The van der Waals surface area contributed by atoms with Crippen molar-refractivity contribution in [2.24, 2.45) is 0 Å². The van der Waals surface area contributed by atoms with E-state index in [1.54, 1.807) is 48.5 Å². The number of hydrogen-bond donors (Lipinski definition) is 0. The average Bonchev–Trinajstić information content (AvgIpc) is 3.03. The minimum Gasteiger partial charge on any atom is -0.487 e. The number of ether oxygens (including phenoxy) is 1. The van der Waals surface area contributed by atoms with Crippen molar-refractivity contribution in [1.82, 2.24) is 4.90 Å². The second kappa shape index (κ2) is 9.77. The van der Waals surface area contributed by atoms with Crippen molar-refractivity contribution in [2.45, 2.75) is 13.2 Å². The first kappa shape index (κ1) is 22.4. The molecule has 1 heterocycles. The lowest BCUT2D eigenvalue weighted by Gasteiger charge is -2.12. The van der Waals surface area contributed by atoms with Gasteiger partial charge in [0.15, 0.2) is 0 Å². The fourth-order valence-electron chi connectivity index (χ4n) is 3.08. The molecule has 1 saturated heterocycles. The van der Waals surface area contributed by atoms with Crippen molar-refractivity contribution in [3.63, 3.8) is 0 Å². The number of rotatable bonds is 6. The van der Waals surface area contributed by atoms with E-state index < -0.39 is 17.0 Å². The van der Waals surface area contributed by atoms with Gasteiger partial charge >= 0.3 is 0 Å². The second-order valence-electron chi connectivity index (χ2n) is 6.93. The molecule has 1 aliphatic rings. The fourth-order valence-corrected chi connectivity index (χ4v) is 4.35. The standard InChI is InChI=1S/C24H16Cl2FNO3S/c25-18-7-3-1-6-17(18)14-31-21-10-9-15(11-19(21)26)12-22-23(29)28(24(30)32-22)13-16-5-2-4-8-20(16)27/h1-12H,13-14H2/b22-12-. The summed E-state index contributed by atoms with van der Waals surface area (Å²) in [6, 6.07) is 18.5. The molecule has 162 valence electrons. The summed E-state index contributed by atoms with van der Waals surface area (Å²) in [6.07, 6.45) is 1.58. The lowest BCUT2D eigenvalue weighted by atomic mass is 10.2. The first-order valence-electron chi connectivity index (χ1n) is 9.57. The van der Waals surface area contributed by atoms with E-state index in [2.05, 4.69) is 0 Å². The van der Waals surface area contributed by atoms with Gasteiger partial charge in [-0.2, -0.15) is 0 Å². The monoisotopic (exact) mass is 487 g/mol. The van der Waals surface area contributed by atoms with Gasteiger partial charge in [0.25, 0.3) is 11.1 Å². The third kappa shape index (κ3) is 4.99. The topological polar surface area (TPSA) is 46.6 Å². The van der Waals surface area contributed by atoms with Crippen LogP contribution in [0.4, 0.5) is 9.18 Å².